The van der Waals surface area contributed by atoms with Gasteiger partial charge in [-0.15, -0.1) is 0 Å². The van der Waals surface area contributed by atoms with Crippen molar-refractivity contribution < 1.29 is 17.9 Å². The first-order valence-electron chi connectivity index (χ1n) is 8.53. The maximum Gasteiger partial charge on any atom is 0.243 e. The van der Waals surface area contributed by atoms with E-state index in [9.17, 15) is 13.2 Å². The fourth-order valence-corrected chi connectivity index (χ4v) is 3.76. The largest absolute Gasteiger partial charge is 0.378 e. The number of nitrogens with zero attached hydrogens (tertiary/aromatic N) is 2. The van der Waals surface area contributed by atoms with Crippen LogP contribution in [0, 0.1) is 0 Å². The fraction of sp³-hybridized carbons (Fsp3) is 0.625. The predicted octanol–water partition coefficient (Wildman–Crippen LogP) is 0.918. The van der Waals surface area contributed by atoms with Crippen molar-refractivity contribution in [1.82, 2.24) is 9.71 Å². The number of hydrogen-bond acceptors (Lipinski definition) is 7. The maximum atomic E-state index is 12.5. The number of aromatic nitrogens is 1. The van der Waals surface area contributed by atoms with Crippen molar-refractivity contribution in [2.45, 2.75) is 19.4 Å². The van der Waals surface area contributed by atoms with E-state index in [1.807, 2.05) is 12.3 Å². The predicted molar refractivity (Wildman–Crippen MR) is 105 cm³/mol. The molecule has 1 amide bonds. The molecule has 146 valence electrons. The Kier molecular flexibility index (Phi) is 8.14. The number of ether oxygens (including phenoxy) is 1. The van der Waals surface area contributed by atoms with Crippen molar-refractivity contribution in [2.24, 2.45) is 0 Å². The summed E-state index contributed by atoms with van der Waals surface area (Å²) in [6.07, 6.45) is 4.03. The quantitative estimate of drug-likeness (QED) is 0.633. The Balaban J connectivity index is 2.00. The van der Waals surface area contributed by atoms with Crippen molar-refractivity contribution in [3.8, 4) is 0 Å². The lowest BCUT2D eigenvalue weighted by Crippen LogP contribution is -2.44. The molecule has 1 aliphatic rings. The highest BCUT2D eigenvalue weighted by Crippen LogP contribution is 2.17. The molecule has 1 atom stereocenters. The van der Waals surface area contributed by atoms with Crippen LogP contribution in [0.2, 0.25) is 0 Å². The zero-order chi connectivity index (χ0) is 19.0. The van der Waals surface area contributed by atoms with Gasteiger partial charge >= 0.3 is 0 Å². The van der Waals surface area contributed by atoms with Crippen LogP contribution in [0.1, 0.15) is 13.3 Å². The molecule has 2 N–H and O–H groups in total. The molecule has 0 aliphatic carbocycles. The van der Waals surface area contributed by atoms with E-state index in [2.05, 4.69) is 19.9 Å². The van der Waals surface area contributed by atoms with E-state index >= 15 is 0 Å². The number of anilines is 2. The third-order valence-electron chi connectivity index (χ3n) is 4.00. The number of morpholine rings is 1. The molecule has 1 aromatic rings. The molecule has 8 nitrogen and oxygen atoms in total. The van der Waals surface area contributed by atoms with E-state index in [-0.39, 0.29) is 5.75 Å². The summed E-state index contributed by atoms with van der Waals surface area (Å²) in [6.45, 7) is 4.53. The topological polar surface area (TPSA) is 101 Å². The average molecular weight is 403 g/mol. The summed E-state index contributed by atoms with van der Waals surface area (Å²) >= 11 is 1.56. The van der Waals surface area contributed by atoms with Gasteiger partial charge in [-0.1, -0.05) is 0 Å². The van der Waals surface area contributed by atoms with Crippen molar-refractivity contribution in [3.63, 3.8) is 0 Å². The Bertz CT molecular complexity index is 676. The minimum Gasteiger partial charge on any atom is -0.378 e. The van der Waals surface area contributed by atoms with E-state index in [0.717, 1.165) is 18.8 Å². The average Bonchev–Trinajstić information content (AvgIpc) is 2.66. The summed E-state index contributed by atoms with van der Waals surface area (Å²) in [4.78, 5) is 18.9. The van der Waals surface area contributed by atoms with Gasteiger partial charge in [-0.3, -0.25) is 4.79 Å². The van der Waals surface area contributed by atoms with Crippen LogP contribution >= 0.6 is 11.8 Å². The molecule has 26 heavy (non-hydrogen) atoms. The highest BCUT2D eigenvalue weighted by atomic mass is 32.2. The number of rotatable bonds is 9. The van der Waals surface area contributed by atoms with Crippen LogP contribution < -0.4 is 14.9 Å². The van der Waals surface area contributed by atoms with Crippen molar-refractivity contribution in [2.75, 3.05) is 54.3 Å². The Morgan fingerprint density at radius 2 is 2.12 bits per heavy atom. The number of sulfonamides is 1. The summed E-state index contributed by atoms with van der Waals surface area (Å²) < 4.78 is 31.4. The van der Waals surface area contributed by atoms with Gasteiger partial charge in [0.15, 0.2) is 0 Å². The summed E-state index contributed by atoms with van der Waals surface area (Å²) in [7, 11) is -3.47. The molecule has 2 rings (SSSR count). The molecule has 0 bridgehead atoms. The Hall–Kier alpha value is -1.36. The van der Waals surface area contributed by atoms with Gasteiger partial charge in [0.2, 0.25) is 15.9 Å². The molecule has 1 aliphatic heterocycles. The van der Waals surface area contributed by atoms with Crippen molar-refractivity contribution in [3.05, 3.63) is 18.3 Å². The van der Waals surface area contributed by atoms with Crippen molar-refractivity contribution >= 4 is 39.2 Å². The number of pyridine rings is 1. The van der Waals surface area contributed by atoms with E-state index in [1.54, 1.807) is 24.0 Å². The van der Waals surface area contributed by atoms with Crippen LogP contribution in [0.5, 0.6) is 0 Å². The molecule has 1 aromatic heterocycles. The van der Waals surface area contributed by atoms with Gasteiger partial charge in [-0.25, -0.2) is 18.1 Å². The third-order valence-corrected chi connectivity index (χ3v) is 6.05. The van der Waals surface area contributed by atoms with Crippen LogP contribution in [0.25, 0.3) is 0 Å². The summed E-state index contributed by atoms with van der Waals surface area (Å²) in [5, 5.41) is 2.70. The van der Waals surface area contributed by atoms with Crippen LogP contribution in [-0.2, 0) is 19.6 Å². The van der Waals surface area contributed by atoms with E-state index < -0.39 is 22.0 Å². The molecule has 1 saturated heterocycles. The molecule has 0 radical (unpaired) electrons. The SMILES string of the molecule is CCS(=O)(=O)NC(CCSC)C(=O)Nc1ccc(N2CCOCC2)cn1. The molecular formula is C16H26N4O4S2. The maximum absolute atomic E-state index is 12.5. The Morgan fingerprint density at radius 1 is 1.38 bits per heavy atom. The zero-order valence-corrected chi connectivity index (χ0v) is 16.7. The van der Waals surface area contributed by atoms with Crippen LogP contribution in [0.3, 0.4) is 0 Å². The highest BCUT2D eigenvalue weighted by Gasteiger charge is 2.23. The van der Waals surface area contributed by atoms with Crippen LogP contribution in [0.15, 0.2) is 18.3 Å². The third kappa shape index (κ3) is 6.42. The van der Waals surface area contributed by atoms with E-state index in [4.69, 9.17) is 4.74 Å². The van der Waals surface area contributed by atoms with Gasteiger partial charge < -0.3 is 15.0 Å². The summed E-state index contributed by atoms with van der Waals surface area (Å²) in [6, 6.07) is 2.80. The number of thioether (sulfide) groups is 1. The molecule has 0 aromatic carbocycles. The van der Waals surface area contributed by atoms with Gasteiger partial charge in [-0.05, 0) is 37.5 Å². The van der Waals surface area contributed by atoms with Gasteiger partial charge in [0.25, 0.3) is 0 Å². The fourth-order valence-electron chi connectivity index (χ4n) is 2.46. The molecule has 2 heterocycles. The van der Waals surface area contributed by atoms with E-state index in [1.165, 1.54) is 6.92 Å². The first-order valence-corrected chi connectivity index (χ1v) is 11.6. The van der Waals surface area contributed by atoms with Gasteiger partial charge in [-0.2, -0.15) is 11.8 Å². The smallest absolute Gasteiger partial charge is 0.243 e. The lowest BCUT2D eigenvalue weighted by atomic mass is 10.2. The normalized spacial score (nSPS) is 16.3. The molecule has 1 fully saturated rings. The summed E-state index contributed by atoms with van der Waals surface area (Å²) in [5.41, 5.74) is 0.969. The second-order valence-corrected chi connectivity index (χ2v) is 8.87. The number of carbonyl (C=O) groups is 1. The first kappa shape index (κ1) is 20.9. The first-order chi connectivity index (χ1) is 12.4. The molecule has 1 unspecified atom stereocenters. The van der Waals surface area contributed by atoms with Gasteiger partial charge in [0.05, 0.1) is 30.9 Å². The molecular weight excluding hydrogens is 376 g/mol. The minimum atomic E-state index is -3.47. The lowest BCUT2D eigenvalue weighted by Gasteiger charge is -2.28. The number of hydrogen-bond donors (Lipinski definition) is 2. The Morgan fingerprint density at radius 3 is 2.69 bits per heavy atom. The van der Waals surface area contributed by atoms with Crippen LogP contribution in [0.4, 0.5) is 11.5 Å². The monoisotopic (exact) mass is 402 g/mol. The molecule has 10 heteroatoms. The second kappa shape index (κ2) is 10.1. The molecule has 0 spiro atoms. The zero-order valence-electron chi connectivity index (χ0n) is 15.1. The minimum absolute atomic E-state index is 0.0669. The van der Waals surface area contributed by atoms with Crippen LogP contribution in [-0.4, -0.2) is 69.4 Å². The van der Waals surface area contributed by atoms with Crippen molar-refractivity contribution in [1.29, 1.82) is 0 Å². The lowest BCUT2D eigenvalue weighted by molar-refractivity contribution is -0.117. The Labute approximate surface area is 159 Å². The summed E-state index contributed by atoms with van der Waals surface area (Å²) in [5.74, 6) is 0.607. The highest BCUT2D eigenvalue weighted by molar-refractivity contribution is 7.98. The number of amides is 1. The second-order valence-electron chi connectivity index (χ2n) is 5.85. The number of carbonyl (C=O) groups excluding carboxylic acids is 1. The number of nitrogens with one attached hydrogen (secondary N) is 2. The molecule has 0 saturated carbocycles. The van der Waals surface area contributed by atoms with E-state index in [0.29, 0.717) is 31.2 Å². The van der Waals surface area contributed by atoms with Gasteiger partial charge in [0, 0.05) is 13.1 Å². The van der Waals surface area contributed by atoms with Gasteiger partial charge in [0.1, 0.15) is 11.9 Å². The standard InChI is InChI=1S/C16H26N4O4S2/c1-3-26(22,23)19-14(6-11-25-2)16(21)18-15-5-4-13(12-17-15)20-7-9-24-10-8-20/h4-5,12,14,19H,3,6-11H2,1-2H3,(H,17,18,21).